The summed E-state index contributed by atoms with van der Waals surface area (Å²) in [6.45, 7) is 4.10. The Balaban J connectivity index is 1.63. The first-order valence-corrected chi connectivity index (χ1v) is 11.0. The zero-order valence-electron chi connectivity index (χ0n) is 16.4. The number of aryl methyl sites for hydroxylation is 2. The predicted octanol–water partition coefficient (Wildman–Crippen LogP) is 4.47. The topological polar surface area (TPSA) is 66.5 Å². The van der Waals surface area contributed by atoms with Crippen molar-refractivity contribution in [2.24, 2.45) is 0 Å². The lowest BCUT2D eigenvalue weighted by molar-refractivity contribution is -0.121. The summed E-state index contributed by atoms with van der Waals surface area (Å²) >= 11 is 7.08. The van der Waals surface area contributed by atoms with Crippen molar-refractivity contribution in [1.82, 2.24) is 0 Å². The van der Waals surface area contributed by atoms with E-state index < -0.39 is 5.25 Å². The van der Waals surface area contributed by atoms with Crippen LogP contribution in [0, 0.1) is 0 Å². The van der Waals surface area contributed by atoms with Gasteiger partial charge >= 0.3 is 0 Å². The van der Waals surface area contributed by atoms with Gasteiger partial charge in [0.2, 0.25) is 17.7 Å². The predicted molar refractivity (Wildman–Crippen MR) is 119 cm³/mol. The minimum Gasteiger partial charge on any atom is -0.325 e. The van der Waals surface area contributed by atoms with Crippen LogP contribution in [0.5, 0.6) is 0 Å². The third-order valence-electron chi connectivity index (χ3n) is 4.87. The molecule has 152 valence electrons. The molecule has 0 saturated carbocycles. The molecule has 1 atom stereocenters. The highest BCUT2D eigenvalue weighted by molar-refractivity contribution is 8.01. The zero-order valence-corrected chi connectivity index (χ0v) is 18.0. The maximum absolute atomic E-state index is 12.7. The van der Waals surface area contributed by atoms with Crippen LogP contribution in [-0.2, 0) is 27.2 Å². The van der Waals surface area contributed by atoms with E-state index in [0.717, 1.165) is 29.7 Å². The van der Waals surface area contributed by atoms with Crippen LogP contribution in [0.4, 0.5) is 11.4 Å². The smallest absolute Gasteiger partial charge is 0.247 e. The van der Waals surface area contributed by atoms with E-state index in [1.165, 1.54) is 16.7 Å². The SMILES string of the molecule is CCc1cccc(CC)c1NC(=O)CS[C@@H]1CC(=O)N(c2ccc(Cl)cc2)C1=O. The van der Waals surface area contributed by atoms with E-state index in [9.17, 15) is 14.4 Å². The fourth-order valence-corrected chi connectivity index (χ4v) is 4.41. The third-order valence-corrected chi connectivity index (χ3v) is 6.32. The van der Waals surface area contributed by atoms with Crippen LogP contribution >= 0.6 is 23.4 Å². The van der Waals surface area contributed by atoms with Gasteiger partial charge in [-0.1, -0.05) is 43.6 Å². The van der Waals surface area contributed by atoms with Crippen LogP contribution in [0.15, 0.2) is 42.5 Å². The van der Waals surface area contributed by atoms with Gasteiger partial charge in [0.1, 0.15) is 0 Å². The van der Waals surface area contributed by atoms with Gasteiger partial charge in [-0.25, -0.2) is 4.90 Å². The van der Waals surface area contributed by atoms with Crippen LogP contribution in [0.1, 0.15) is 31.4 Å². The number of nitrogens with zero attached hydrogens (tertiary/aromatic N) is 1. The van der Waals surface area contributed by atoms with Crippen molar-refractivity contribution < 1.29 is 14.4 Å². The van der Waals surface area contributed by atoms with Crippen LogP contribution in [0.3, 0.4) is 0 Å². The molecule has 5 nitrogen and oxygen atoms in total. The van der Waals surface area contributed by atoms with E-state index in [1.807, 2.05) is 32.0 Å². The van der Waals surface area contributed by atoms with Crippen molar-refractivity contribution in [2.75, 3.05) is 16.0 Å². The molecule has 1 saturated heterocycles. The summed E-state index contributed by atoms with van der Waals surface area (Å²) < 4.78 is 0. The lowest BCUT2D eigenvalue weighted by atomic mass is 10.0. The molecule has 3 amide bonds. The van der Waals surface area contributed by atoms with Crippen molar-refractivity contribution in [3.05, 3.63) is 58.6 Å². The lowest BCUT2D eigenvalue weighted by Gasteiger charge is -2.16. The molecule has 0 spiro atoms. The van der Waals surface area contributed by atoms with Crippen molar-refractivity contribution in [3.63, 3.8) is 0 Å². The summed E-state index contributed by atoms with van der Waals surface area (Å²) in [5, 5.41) is 2.97. The molecule has 7 heteroatoms. The molecule has 0 radical (unpaired) electrons. The number of halogens is 1. The molecule has 0 unspecified atom stereocenters. The number of para-hydroxylation sites is 1. The van der Waals surface area contributed by atoms with Crippen molar-refractivity contribution in [2.45, 2.75) is 38.4 Å². The van der Waals surface area contributed by atoms with Crippen molar-refractivity contribution in [1.29, 1.82) is 0 Å². The first kappa shape index (κ1) is 21.4. The summed E-state index contributed by atoms with van der Waals surface area (Å²) in [5.74, 6) is -0.617. The molecule has 1 N–H and O–H groups in total. The van der Waals surface area contributed by atoms with Crippen LogP contribution in [0.25, 0.3) is 0 Å². The second kappa shape index (κ2) is 9.46. The molecule has 29 heavy (non-hydrogen) atoms. The number of benzene rings is 2. The normalized spacial score (nSPS) is 16.4. The van der Waals surface area contributed by atoms with Gasteiger partial charge in [-0.3, -0.25) is 14.4 Å². The van der Waals surface area contributed by atoms with E-state index in [2.05, 4.69) is 5.32 Å². The van der Waals surface area contributed by atoms with Gasteiger partial charge in [0.15, 0.2) is 0 Å². The minimum absolute atomic E-state index is 0.0885. The number of rotatable bonds is 7. The molecule has 2 aromatic rings. The summed E-state index contributed by atoms with van der Waals surface area (Å²) in [6, 6.07) is 12.6. The molecule has 1 aliphatic rings. The van der Waals surface area contributed by atoms with E-state index in [0.29, 0.717) is 10.7 Å². The molecule has 0 aromatic heterocycles. The number of anilines is 2. The van der Waals surface area contributed by atoms with Gasteiger partial charge in [-0.05, 0) is 48.2 Å². The number of amides is 3. The molecular weight excluding hydrogens is 408 g/mol. The summed E-state index contributed by atoms with van der Waals surface area (Å²) in [4.78, 5) is 38.7. The maximum Gasteiger partial charge on any atom is 0.247 e. The third kappa shape index (κ3) is 4.82. The quantitative estimate of drug-likeness (QED) is 0.658. The average Bonchev–Trinajstić information content (AvgIpc) is 3.00. The number of nitrogens with one attached hydrogen (secondary N) is 1. The van der Waals surface area contributed by atoms with Gasteiger partial charge in [0.05, 0.1) is 16.7 Å². The number of imide groups is 1. The Morgan fingerprint density at radius 2 is 1.72 bits per heavy atom. The standard InChI is InChI=1S/C22H23ClN2O3S/c1-3-14-6-5-7-15(4-2)21(14)24-19(26)13-29-18-12-20(27)25(22(18)28)17-10-8-16(23)9-11-17/h5-11,18H,3-4,12-13H2,1-2H3,(H,24,26)/t18-/m1/s1. The number of carbonyl (C=O) groups is 3. The highest BCUT2D eigenvalue weighted by atomic mass is 35.5. The first-order valence-electron chi connectivity index (χ1n) is 9.59. The van der Waals surface area contributed by atoms with Gasteiger partial charge in [-0.2, -0.15) is 0 Å². The van der Waals surface area contributed by atoms with Gasteiger partial charge < -0.3 is 5.32 Å². The molecule has 0 bridgehead atoms. The monoisotopic (exact) mass is 430 g/mol. The van der Waals surface area contributed by atoms with Crippen LogP contribution in [0.2, 0.25) is 5.02 Å². The van der Waals surface area contributed by atoms with Crippen molar-refractivity contribution >= 4 is 52.5 Å². The Hall–Kier alpha value is -2.31. The molecule has 1 aliphatic heterocycles. The largest absolute Gasteiger partial charge is 0.325 e. The van der Waals surface area contributed by atoms with Crippen LogP contribution < -0.4 is 10.2 Å². The van der Waals surface area contributed by atoms with Gasteiger partial charge in [-0.15, -0.1) is 11.8 Å². The molecule has 0 aliphatic carbocycles. The van der Waals surface area contributed by atoms with E-state index in [-0.39, 0.29) is 29.9 Å². The Kier molecular flexibility index (Phi) is 6.98. The molecular formula is C22H23ClN2O3S. The Morgan fingerprint density at radius 1 is 1.10 bits per heavy atom. The average molecular weight is 431 g/mol. The number of thioether (sulfide) groups is 1. The van der Waals surface area contributed by atoms with Gasteiger partial charge in [0.25, 0.3) is 0 Å². The Morgan fingerprint density at radius 3 is 2.31 bits per heavy atom. The van der Waals surface area contributed by atoms with E-state index in [4.69, 9.17) is 11.6 Å². The minimum atomic E-state index is -0.559. The number of hydrogen-bond donors (Lipinski definition) is 1. The van der Waals surface area contributed by atoms with Crippen molar-refractivity contribution in [3.8, 4) is 0 Å². The molecule has 1 heterocycles. The van der Waals surface area contributed by atoms with Gasteiger partial charge in [0, 0.05) is 17.1 Å². The highest BCUT2D eigenvalue weighted by Crippen LogP contribution is 2.30. The molecule has 2 aromatic carbocycles. The molecule has 3 rings (SSSR count). The zero-order chi connectivity index (χ0) is 21.0. The highest BCUT2D eigenvalue weighted by Gasteiger charge is 2.40. The summed E-state index contributed by atoms with van der Waals surface area (Å²) in [7, 11) is 0. The Labute approximate surface area is 179 Å². The fraction of sp³-hybridized carbons (Fsp3) is 0.318. The number of carbonyl (C=O) groups excluding carboxylic acids is 3. The van der Waals surface area contributed by atoms with Crippen LogP contribution in [-0.4, -0.2) is 28.7 Å². The van der Waals surface area contributed by atoms with E-state index in [1.54, 1.807) is 24.3 Å². The summed E-state index contributed by atoms with van der Waals surface area (Å²) in [5.41, 5.74) is 3.54. The molecule has 1 fully saturated rings. The second-order valence-electron chi connectivity index (χ2n) is 6.75. The number of hydrogen-bond acceptors (Lipinski definition) is 4. The summed E-state index contributed by atoms with van der Waals surface area (Å²) in [6.07, 6.45) is 1.73. The fourth-order valence-electron chi connectivity index (χ4n) is 3.35. The first-order chi connectivity index (χ1) is 13.9. The van der Waals surface area contributed by atoms with E-state index >= 15 is 0 Å². The Bertz CT molecular complexity index is 908. The lowest BCUT2D eigenvalue weighted by Crippen LogP contribution is -2.31. The maximum atomic E-state index is 12.7. The second-order valence-corrected chi connectivity index (χ2v) is 8.38.